The van der Waals surface area contributed by atoms with E-state index in [1.807, 2.05) is 0 Å². The van der Waals surface area contributed by atoms with Crippen LogP contribution in [0.3, 0.4) is 0 Å². The molecule has 0 aromatic rings. The normalized spacial score (nSPS) is 11.3. The number of nitrogens with one attached hydrogen (secondary N) is 1. The molecule has 56 valence electrons. The average molecular weight is 144 g/mol. The summed E-state index contributed by atoms with van der Waals surface area (Å²) < 4.78 is 0. The highest BCUT2D eigenvalue weighted by molar-refractivity contribution is 5.64. The Labute approximate surface area is 57.5 Å². The lowest BCUT2D eigenvalue weighted by Crippen LogP contribution is -2.27. The van der Waals surface area contributed by atoms with Crippen molar-refractivity contribution in [3.8, 4) is 0 Å². The minimum Gasteiger partial charge on any atom is -0.465 e. The van der Waals surface area contributed by atoms with Crippen LogP contribution >= 0.6 is 0 Å². The minimum atomic E-state index is -1.11. The van der Waals surface area contributed by atoms with Gasteiger partial charge in [-0.25, -0.2) is 4.79 Å². The van der Waals surface area contributed by atoms with Crippen molar-refractivity contribution in [2.45, 2.75) is 13.0 Å². The SMILES string of the molecule is CC(CNC(=O)O)N=[N+]=[N-]. The maximum absolute atomic E-state index is 9.86. The molecule has 0 spiro atoms. The molecule has 0 radical (unpaired) electrons. The number of azide groups is 1. The molecule has 0 rings (SSSR count). The molecule has 10 heavy (non-hydrogen) atoms. The Kier molecular flexibility index (Phi) is 3.83. The predicted octanol–water partition coefficient (Wildman–Crippen LogP) is 0.953. The van der Waals surface area contributed by atoms with Crippen LogP contribution in [0.2, 0.25) is 0 Å². The fourth-order valence-corrected chi connectivity index (χ4v) is 0.364. The number of amides is 1. The Morgan fingerprint density at radius 2 is 2.60 bits per heavy atom. The van der Waals surface area contributed by atoms with Crippen molar-refractivity contribution < 1.29 is 9.90 Å². The second-order valence-electron chi connectivity index (χ2n) is 1.74. The van der Waals surface area contributed by atoms with Gasteiger partial charge in [-0.2, -0.15) is 0 Å². The summed E-state index contributed by atoms with van der Waals surface area (Å²) in [6.45, 7) is 1.77. The maximum Gasteiger partial charge on any atom is 0.404 e. The molecule has 6 heteroatoms. The summed E-state index contributed by atoms with van der Waals surface area (Å²) >= 11 is 0. The largest absolute Gasteiger partial charge is 0.465 e. The van der Waals surface area contributed by atoms with Crippen LogP contribution in [0.1, 0.15) is 6.92 Å². The van der Waals surface area contributed by atoms with Gasteiger partial charge in [-0.15, -0.1) is 0 Å². The van der Waals surface area contributed by atoms with Gasteiger partial charge >= 0.3 is 6.09 Å². The standard InChI is InChI=1S/C4H8N4O2/c1-3(7-8-5)2-6-4(9)10/h3,6H,2H2,1H3,(H,9,10). The van der Waals surface area contributed by atoms with Gasteiger partial charge in [-0.1, -0.05) is 12.0 Å². The molecule has 0 saturated heterocycles. The van der Waals surface area contributed by atoms with Crippen LogP contribution in [-0.4, -0.2) is 23.8 Å². The van der Waals surface area contributed by atoms with Gasteiger partial charge in [0.05, 0.1) is 6.04 Å². The summed E-state index contributed by atoms with van der Waals surface area (Å²) in [6.07, 6.45) is -1.11. The molecule has 1 atom stereocenters. The van der Waals surface area contributed by atoms with E-state index in [1.165, 1.54) is 0 Å². The third-order valence-corrected chi connectivity index (χ3v) is 0.797. The van der Waals surface area contributed by atoms with E-state index in [4.69, 9.17) is 10.6 Å². The summed E-state index contributed by atoms with van der Waals surface area (Å²) in [5, 5.41) is 13.4. The van der Waals surface area contributed by atoms with Crippen molar-refractivity contribution in [1.29, 1.82) is 0 Å². The first-order valence-electron chi connectivity index (χ1n) is 2.68. The number of carboxylic acid groups (broad SMARTS) is 1. The van der Waals surface area contributed by atoms with Gasteiger partial charge in [-0.3, -0.25) is 0 Å². The molecular formula is C4H8N4O2. The lowest BCUT2D eigenvalue weighted by molar-refractivity contribution is 0.194. The Morgan fingerprint density at radius 1 is 2.00 bits per heavy atom. The van der Waals surface area contributed by atoms with E-state index in [1.54, 1.807) is 6.92 Å². The maximum atomic E-state index is 9.86. The molecule has 1 unspecified atom stereocenters. The predicted molar refractivity (Wildman–Crippen MR) is 34.6 cm³/mol. The van der Waals surface area contributed by atoms with Crippen LogP contribution in [0.15, 0.2) is 5.11 Å². The number of carbonyl (C=O) groups is 1. The van der Waals surface area contributed by atoms with Crippen molar-refractivity contribution in [2.75, 3.05) is 6.54 Å². The van der Waals surface area contributed by atoms with E-state index in [-0.39, 0.29) is 12.6 Å². The Morgan fingerprint density at radius 3 is 3.00 bits per heavy atom. The first kappa shape index (κ1) is 8.58. The van der Waals surface area contributed by atoms with E-state index >= 15 is 0 Å². The van der Waals surface area contributed by atoms with Gasteiger partial charge in [0.1, 0.15) is 0 Å². The van der Waals surface area contributed by atoms with Gasteiger partial charge in [0.25, 0.3) is 0 Å². The molecule has 0 aliphatic carbocycles. The Hall–Kier alpha value is -1.42. The Bertz CT molecular complexity index is 163. The topological polar surface area (TPSA) is 98.1 Å². The number of nitrogens with zero attached hydrogens (tertiary/aromatic N) is 3. The van der Waals surface area contributed by atoms with E-state index < -0.39 is 6.09 Å². The monoisotopic (exact) mass is 144 g/mol. The Balaban J connectivity index is 3.48. The molecule has 0 aromatic carbocycles. The summed E-state index contributed by atoms with van der Waals surface area (Å²) in [5.74, 6) is 0. The zero-order chi connectivity index (χ0) is 7.98. The van der Waals surface area contributed by atoms with Crippen LogP contribution in [0.4, 0.5) is 4.79 Å². The second kappa shape index (κ2) is 4.46. The smallest absolute Gasteiger partial charge is 0.404 e. The third kappa shape index (κ3) is 4.73. The first-order chi connectivity index (χ1) is 4.66. The van der Waals surface area contributed by atoms with Crippen LogP contribution in [0, 0.1) is 0 Å². The van der Waals surface area contributed by atoms with E-state index in [0.717, 1.165) is 0 Å². The van der Waals surface area contributed by atoms with Gasteiger partial charge in [0.2, 0.25) is 0 Å². The van der Waals surface area contributed by atoms with Crippen LogP contribution in [-0.2, 0) is 0 Å². The minimum absolute atomic E-state index is 0.152. The number of hydrogen-bond donors (Lipinski definition) is 2. The second-order valence-corrected chi connectivity index (χ2v) is 1.74. The molecule has 1 amide bonds. The summed E-state index contributed by atoms with van der Waals surface area (Å²) in [7, 11) is 0. The van der Waals surface area contributed by atoms with Crippen molar-refractivity contribution in [2.24, 2.45) is 5.11 Å². The van der Waals surface area contributed by atoms with Crippen LogP contribution < -0.4 is 5.32 Å². The molecule has 0 saturated carbocycles. The molecule has 0 bridgehead atoms. The molecular weight excluding hydrogens is 136 g/mol. The van der Waals surface area contributed by atoms with Crippen molar-refractivity contribution in [1.82, 2.24) is 5.32 Å². The van der Waals surface area contributed by atoms with Crippen molar-refractivity contribution in [3.05, 3.63) is 10.4 Å². The molecule has 2 N–H and O–H groups in total. The van der Waals surface area contributed by atoms with E-state index in [9.17, 15) is 4.79 Å². The van der Waals surface area contributed by atoms with Gasteiger partial charge in [0, 0.05) is 11.5 Å². The summed E-state index contributed by atoms with van der Waals surface area (Å²) in [6, 6.07) is -0.332. The molecule has 6 nitrogen and oxygen atoms in total. The molecule has 0 aliphatic rings. The molecule has 0 heterocycles. The highest BCUT2D eigenvalue weighted by Gasteiger charge is 1.98. The third-order valence-electron chi connectivity index (χ3n) is 0.797. The van der Waals surface area contributed by atoms with Gasteiger partial charge < -0.3 is 10.4 Å². The lowest BCUT2D eigenvalue weighted by Gasteiger charge is -2.01. The summed E-state index contributed by atoms with van der Waals surface area (Å²) in [4.78, 5) is 12.4. The zero-order valence-corrected chi connectivity index (χ0v) is 5.48. The van der Waals surface area contributed by atoms with Crippen molar-refractivity contribution >= 4 is 6.09 Å². The van der Waals surface area contributed by atoms with Gasteiger partial charge in [0.15, 0.2) is 0 Å². The highest BCUT2D eigenvalue weighted by atomic mass is 16.4. The van der Waals surface area contributed by atoms with E-state index in [0.29, 0.717) is 0 Å². The fourth-order valence-electron chi connectivity index (χ4n) is 0.364. The van der Waals surface area contributed by atoms with Crippen LogP contribution in [0.25, 0.3) is 10.4 Å². The van der Waals surface area contributed by atoms with Crippen LogP contribution in [0.5, 0.6) is 0 Å². The molecule has 0 fully saturated rings. The zero-order valence-electron chi connectivity index (χ0n) is 5.48. The van der Waals surface area contributed by atoms with Gasteiger partial charge in [-0.05, 0) is 5.53 Å². The van der Waals surface area contributed by atoms with Crippen molar-refractivity contribution in [3.63, 3.8) is 0 Å². The molecule has 0 aliphatic heterocycles. The average Bonchev–Trinajstić information content (AvgIpc) is 1.85. The summed E-state index contributed by atoms with van der Waals surface area (Å²) in [5.41, 5.74) is 7.89. The first-order valence-corrected chi connectivity index (χ1v) is 2.68. The quantitative estimate of drug-likeness (QED) is 0.350. The molecule has 0 aromatic heterocycles. The number of rotatable bonds is 3. The number of hydrogen-bond acceptors (Lipinski definition) is 2. The highest BCUT2D eigenvalue weighted by Crippen LogP contribution is 1.85. The lowest BCUT2D eigenvalue weighted by atomic mass is 10.4. The van der Waals surface area contributed by atoms with E-state index in [2.05, 4.69) is 15.3 Å². The fraction of sp³-hybridized carbons (Fsp3) is 0.750.